The molecule has 1 aromatic rings. The number of aromatic nitrogens is 1. The smallest absolute Gasteiger partial charge is 0.0404 e. The lowest BCUT2D eigenvalue weighted by Gasteiger charge is -2.07. The van der Waals surface area contributed by atoms with Gasteiger partial charge in [-0.1, -0.05) is 26.2 Å². The van der Waals surface area contributed by atoms with Gasteiger partial charge in [-0.05, 0) is 43.9 Å². The van der Waals surface area contributed by atoms with E-state index in [-0.39, 0.29) is 0 Å². The Morgan fingerprint density at radius 1 is 1.14 bits per heavy atom. The van der Waals surface area contributed by atoms with Crippen LogP contribution in [-0.4, -0.2) is 4.98 Å². The highest BCUT2D eigenvalue weighted by molar-refractivity contribution is 5.27. The minimum Gasteiger partial charge on any atom is -0.261 e. The summed E-state index contributed by atoms with van der Waals surface area (Å²) in [5.41, 5.74) is 4.04. The average Bonchev–Trinajstić information content (AvgIpc) is 2.19. The molecule has 0 bridgehead atoms. The molecule has 0 aromatic carbocycles. The molecular weight excluding hydrogens is 170 g/mol. The molecule has 0 unspecified atom stereocenters. The number of nitrogens with zero attached hydrogens (tertiary/aromatic N) is 1. The summed E-state index contributed by atoms with van der Waals surface area (Å²) in [6, 6.07) is 2.16. The van der Waals surface area contributed by atoms with Crippen molar-refractivity contribution in [2.75, 3.05) is 0 Å². The van der Waals surface area contributed by atoms with E-state index in [1.165, 1.54) is 48.9 Å². The van der Waals surface area contributed by atoms with Crippen molar-refractivity contribution < 1.29 is 0 Å². The lowest BCUT2D eigenvalue weighted by molar-refractivity contribution is 0.665. The zero-order valence-corrected chi connectivity index (χ0v) is 9.64. The standard InChI is InChI=1S/C13H21N/c1-4-5-6-7-8-13-9-10-14-12(3)11(13)2/h9-10H,4-8H2,1-3H3. The molecule has 1 heteroatoms. The van der Waals surface area contributed by atoms with Gasteiger partial charge in [-0.15, -0.1) is 0 Å². The molecule has 0 N–H and O–H groups in total. The summed E-state index contributed by atoms with van der Waals surface area (Å²) in [7, 11) is 0. The molecule has 1 rings (SSSR count). The van der Waals surface area contributed by atoms with Crippen molar-refractivity contribution in [2.45, 2.75) is 52.9 Å². The Kier molecular flexibility index (Phi) is 4.64. The molecule has 14 heavy (non-hydrogen) atoms. The largest absolute Gasteiger partial charge is 0.261 e. The van der Waals surface area contributed by atoms with Gasteiger partial charge in [0.05, 0.1) is 0 Å². The first kappa shape index (κ1) is 11.2. The molecule has 0 spiro atoms. The molecule has 0 amide bonds. The second-order valence-electron chi connectivity index (χ2n) is 3.99. The fourth-order valence-corrected chi connectivity index (χ4v) is 1.71. The summed E-state index contributed by atoms with van der Waals surface area (Å²) in [5, 5.41) is 0. The van der Waals surface area contributed by atoms with E-state index in [0.29, 0.717) is 0 Å². The highest BCUT2D eigenvalue weighted by Crippen LogP contribution is 2.13. The molecule has 0 saturated heterocycles. The fourth-order valence-electron chi connectivity index (χ4n) is 1.71. The Labute approximate surface area is 87.6 Å². The van der Waals surface area contributed by atoms with Crippen LogP contribution >= 0.6 is 0 Å². The van der Waals surface area contributed by atoms with Crippen molar-refractivity contribution in [3.63, 3.8) is 0 Å². The maximum atomic E-state index is 4.28. The summed E-state index contributed by atoms with van der Waals surface area (Å²) >= 11 is 0. The molecule has 0 aliphatic heterocycles. The topological polar surface area (TPSA) is 12.9 Å². The molecule has 0 aliphatic carbocycles. The molecule has 0 radical (unpaired) electrons. The van der Waals surface area contributed by atoms with Gasteiger partial charge in [0, 0.05) is 11.9 Å². The van der Waals surface area contributed by atoms with E-state index in [2.05, 4.69) is 31.8 Å². The third-order valence-corrected chi connectivity index (χ3v) is 2.87. The first-order valence-corrected chi connectivity index (χ1v) is 5.66. The van der Waals surface area contributed by atoms with E-state index < -0.39 is 0 Å². The molecule has 1 aromatic heterocycles. The highest BCUT2D eigenvalue weighted by atomic mass is 14.7. The van der Waals surface area contributed by atoms with Crippen LogP contribution in [0, 0.1) is 13.8 Å². The molecule has 0 atom stereocenters. The van der Waals surface area contributed by atoms with Gasteiger partial charge in [0.2, 0.25) is 0 Å². The third-order valence-electron chi connectivity index (χ3n) is 2.87. The average molecular weight is 191 g/mol. The summed E-state index contributed by atoms with van der Waals surface area (Å²) in [6.07, 6.45) is 8.50. The number of hydrogen-bond acceptors (Lipinski definition) is 1. The maximum Gasteiger partial charge on any atom is 0.0404 e. The van der Waals surface area contributed by atoms with Crippen LogP contribution in [0.15, 0.2) is 12.3 Å². The van der Waals surface area contributed by atoms with Crippen molar-refractivity contribution in [1.82, 2.24) is 4.98 Å². The fraction of sp³-hybridized carbons (Fsp3) is 0.615. The van der Waals surface area contributed by atoms with Crippen LogP contribution in [-0.2, 0) is 6.42 Å². The Morgan fingerprint density at radius 3 is 2.64 bits per heavy atom. The van der Waals surface area contributed by atoms with E-state index >= 15 is 0 Å². The monoisotopic (exact) mass is 191 g/mol. The van der Waals surface area contributed by atoms with Gasteiger partial charge < -0.3 is 0 Å². The van der Waals surface area contributed by atoms with Gasteiger partial charge in [0.15, 0.2) is 0 Å². The van der Waals surface area contributed by atoms with E-state index in [4.69, 9.17) is 0 Å². The van der Waals surface area contributed by atoms with Gasteiger partial charge in [0.25, 0.3) is 0 Å². The molecule has 0 saturated carbocycles. The first-order valence-electron chi connectivity index (χ1n) is 5.66. The van der Waals surface area contributed by atoms with Gasteiger partial charge in [-0.2, -0.15) is 0 Å². The second-order valence-corrected chi connectivity index (χ2v) is 3.99. The van der Waals surface area contributed by atoms with Crippen LogP contribution in [0.3, 0.4) is 0 Å². The molecule has 1 heterocycles. The predicted octanol–water partition coefficient (Wildman–Crippen LogP) is 3.82. The molecule has 1 nitrogen and oxygen atoms in total. The van der Waals surface area contributed by atoms with E-state index in [9.17, 15) is 0 Å². The van der Waals surface area contributed by atoms with Crippen LogP contribution in [0.25, 0.3) is 0 Å². The van der Waals surface area contributed by atoms with Crippen LogP contribution in [0.5, 0.6) is 0 Å². The van der Waals surface area contributed by atoms with Gasteiger partial charge in [0.1, 0.15) is 0 Å². The number of rotatable bonds is 5. The Balaban J connectivity index is 2.46. The van der Waals surface area contributed by atoms with E-state index in [1.54, 1.807) is 0 Å². The van der Waals surface area contributed by atoms with Crippen molar-refractivity contribution in [3.05, 3.63) is 29.1 Å². The molecule has 0 fully saturated rings. The minimum atomic E-state index is 1.18. The zero-order valence-electron chi connectivity index (χ0n) is 9.64. The predicted molar refractivity (Wildman–Crippen MR) is 61.6 cm³/mol. The normalized spacial score (nSPS) is 10.5. The number of pyridine rings is 1. The Morgan fingerprint density at radius 2 is 1.93 bits per heavy atom. The Bertz CT molecular complexity index is 279. The molecule has 0 aliphatic rings. The summed E-state index contributed by atoms with van der Waals surface area (Å²) < 4.78 is 0. The van der Waals surface area contributed by atoms with E-state index in [1.807, 2.05) is 6.20 Å². The van der Waals surface area contributed by atoms with Crippen LogP contribution in [0.1, 0.15) is 49.4 Å². The van der Waals surface area contributed by atoms with Crippen molar-refractivity contribution >= 4 is 0 Å². The number of hydrogen-bond donors (Lipinski definition) is 0. The third kappa shape index (κ3) is 3.13. The number of unbranched alkanes of at least 4 members (excludes halogenated alkanes) is 3. The van der Waals surface area contributed by atoms with Gasteiger partial charge in [-0.3, -0.25) is 4.98 Å². The first-order chi connectivity index (χ1) is 6.75. The number of aryl methyl sites for hydroxylation is 2. The van der Waals surface area contributed by atoms with Crippen molar-refractivity contribution in [3.8, 4) is 0 Å². The molecular formula is C13H21N. The van der Waals surface area contributed by atoms with Crippen LogP contribution < -0.4 is 0 Å². The highest BCUT2D eigenvalue weighted by Gasteiger charge is 2.00. The summed E-state index contributed by atoms with van der Waals surface area (Å²) in [5.74, 6) is 0. The van der Waals surface area contributed by atoms with Gasteiger partial charge in [-0.25, -0.2) is 0 Å². The van der Waals surface area contributed by atoms with E-state index in [0.717, 1.165) is 0 Å². The summed E-state index contributed by atoms with van der Waals surface area (Å²) in [6.45, 7) is 6.52. The Hall–Kier alpha value is -0.850. The lowest BCUT2D eigenvalue weighted by atomic mass is 10.0. The lowest BCUT2D eigenvalue weighted by Crippen LogP contribution is -1.94. The SMILES string of the molecule is CCCCCCc1ccnc(C)c1C. The van der Waals surface area contributed by atoms with Crippen molar-refractivity contribution in [2.24, 2.45) is 0 Å². The van der Waals surface area contributed by atoms with Crippen LogP contribution in [0.4, 0.5) is 0 Å². The van der Waals surface area contributed by atoms with Gasteiger partial charge >= 0.3 is 0 Å². The summed E-state index contributed by atoms with van der Waals surface area (Å²) in [4.78, 5) is 4.28. The zero-order chi connectivity index (χ0) is 10.4. The van der Waals surface area contributed by atoms with Crippen molar-refractivity contribution in [1.29, 1.82) is 0 Å². The molecule has 78 valence electrons. The maximum absolute atomic E-state index is 4.28. The van der Waals surface area contributed by atoms with Crippen LogP contribution in [0.2, 0.25) is 0 Å². The second kappa shape index (κ2) is 5.79. The quantitative estimate of drug-likeness (QED) is 0.645. The minimum absolute atomic E-state index is 1.18.